The van der Waals surface area contributed by atoms with E-state index in [1.54, 1.807) is 21.8 Å². The normalized spacial score (nSPS) is 17.0. The second-order valence-corrected chi connectivity index (χ2v) is 8.27. The molecular weight excluding hydrogens is 422 g/mol. The summed E-state index contributed by atoms with van der Waals surface area (Å²) in [4.78, 5) is 30.4. The quantitative estimate of drug-likeness (QED) is 0.568. The number of aromatic nitrogens is 3. The molecule has 2 aromatic heterocycles. The van der Waals surface area contributed by atoms with Gasteiger partial charge in [0.15, 0.2) is 5.82 Å². The van der Waals surface area contributed by atoms with Crippen LogP contribution in [-0.2, 0) is 22.6 Å². The number of aryl methyl sites for hydroxylation is 1. The summed E-state index contributed by atoms with van der Waals surface area (Å²) < 4.78 is 12.5. The molecule has 0 spiro atoms. The number of carbonyl (C=O) groups excluding carboxylic acids is 2. The summed E-state index contributed by atoms with van der Waals surface area (Å²) in [5, 5.41) is 13.6. The fourth-order valence-corrected chi connectivity index (χ4v) is 4.32. The van der Waals surface area contributed by atoms with Crippen LogP contribution in [0.1, 0.15) is 55.5 Å². The molecule has 9 heteroatoms. The molecule has 1 amide bonds. The number of hydrogen-bond donors (Lipinski definition) is 0. The summed E-state index contributed by atoms with van der Waals surface area (Å²) in [6.45, 7) is 6.69. The third kappa shape index (κ3) is 3.40. The molecule has 2 aliphatic heterocycles. The van der Waals surface area contributed by atoms with Crippen LogP contribution in [-0.4, -0.2) is 38.3 Å². The molecule has 4 heterocycles. The Labute approximate surface area is 190 Å². The lowest BCUT2D eigenvalue weighted by Gasteiger charge is -2.15. The summed E-state index contributed by atoms with van der Waals surface area (Å²) in [7, 11) is 0. The Hall–Kier alpha value is -4.19. The van der Waals surface area contributed by atoms with Gasteiger partial charge in [0.05, 0.1) is 30.4 Å². The number of nitriles is 1. The van der Waals surface area contributed by atoms with Crippen LogP contribution in [0.4, 0.5) is 4.79 Å². The molecular formula is C24H21N5O4. The third-order valence-corrected chi connectivity index (χ3v) is 6.35. The molecule has 3 aromatic rings. The van der Waals surface area contributed by atoms with E-state index in [9.17, 15) is 9.59 Å². The van der Waals surface area contributed by atoms with Gasteiger partial charge in [0.25, 0.3) is 0 Å². The predicted molar refractivity (Wildman–Crippen MR) is 115 cm³/mol. The van der Waals surface area contributed by atoms with Crippen molar-refractivity contribution in [3.63, 3.8) is 0 Å². The highest BCUT2D eigenvalue weighted by atomic mass is 16.6. The van der Waals surface area contributed by atoms with Gasteiger partial charge in [-0.2, -0.15) is 10.4 Å². The van der Waals surface area contributed by atoms with Gasteiger partial charge in [-0.15, -0.1) is 0 Å². The molecule has 0 aliphatic carbocycles. The molecule has 0 N–H and O–H groups in total. The number of ether oxygens (including phenoxy) is 2. The SMILES string of the molecule is Cc1cc(-n2ncc(CN3C[C@@H](c4ccc5c(c4C)COC5=O)OC3=O)c2C)ncc1C#N. The van der Waals surface area contributed by atoms with Gasteiger partial charge in [-0.1, -0.05) is 6.07 Å². The second kappa shape index (κ2) is 7.74. The first-order valence-corrected chi connectivity index (χ1v) is 10.5. The van der Waals surface area contributed by atoms with Crippen LogP contribution in [0.2, 0.25) is 0 Å². The topological polar surface area (TPSA) is 110 Å². The molecule has 1 saturated heterocycles. The van der Waals surface area contributed by atoms with Crippen molar-refractivity contribution in [2.75, 3.05) is 6.54 Å². The molecule has 0 radical (unpaired) electrons. The molecule has 0 bridgehead atoms. The van der Waals surface area contributed by atoms with E-state index in [1.807, 2.05) is 32.9 Å². The first-order chi connectivity index (χ1) is 15.9. The number of cyclic esters (lactones) is 2. The van der Waals surface area contributed by atoms with Gasteiger partial charge in [-0.3, -0.25) is 4.90 Å². The first kappa shape index (κ1) is 20.7. The average molecular weight is 443 g/mol. The molecule has 1 aromatic carbocycles. The minimum absolute atomic E-state index is 0.249. The summed E-state index contributed by atoms with van der Waals surface area (Å²) in [5.74, 6) is 0.298. The lowest BCUT2D eigenvalue weighted by atomic mass is 9.95. The van der Waals surface area contributed by atoms with Crippen molar-refractivity contribution in [3.05, 3.63) is 75.2 Å². The molecule has 2 aliphatic rings. The maximum atomic E-state index is 12.6. The van der Waals surface area contributed by atoms with E-state index in [1.165, 1.54) is 6.20 Å². The number of nitrogens with zero attached hydrogens (tertiary/aromatic N) is 5. The Kier molecular flexibility index (Phi) is 4.86. The number of esters is 1. The number of hydrogen-bond acceptors (Lipinski definition) is 7. The largest absolute Gasteiger partial charge is 0.457 e. The van der Waals surface area contributed by atoms with E-state index < -0.39 is 12.2 Å². The smallest absolute Gasteiger partial charge is 0.410 e. The Morgan fingerprint density at radius 2 is 2.03 bits per heavy atom. The molecule has 166 valence electrons. The Bertz CT molecular complexity index is 1350. The molecule has 1 atom stereocenters. The Balaban J connectivity index is 1.35. The lowest BCUT2D eigenvalue weighted by molar-refractivity contribution is 0.0535. The van der Waals surface area contributed by atoms with Crippen LogP contribution >= 0.6 is 0 Å². The zero-order valence-corrected chi connectivity index (χ0v) is 18.5. The highest BCUT2D eigenvalue weighted by molar-refractivity contribution is 5.94. The monoisotopic (exact) mass is 443 g/mol. The Morgan fingerprint density at radius 1 is 1.21 bits per heavy atom. The highest BCUT2D eigenvalue weighted by Gasteiger charge is 2.35. The summed E-state index contributed by atoms with van der Waals surface area (Å²) >= 11 is 0. The standard InChI is InChI=1S/C24H21N5O4/c1-13-6-22(26-8-16(13)7-25)29-15(3)17(9-27-29)10-28-11-21(33-24(28)31)18-4-5-19-20(14(18)2)12-32-23(19)30/h4-6,8-9,21H,10-12H2,1-3H3/t21-/m0/s1. The fraction of sp³-hybridized carbons (Fsp3) is 0.292. The zero-order chi connectivity index (χ0) is 23.3. The lowest BCUT2D eigenvalue weighted by Crippen LogP contribution is -2.24. The average Bonchev–Trinajstić information content (AvgIpc) is 3.47. The number of fused-ring (bicyclic) bond motifs is 1. The summed E-state index contributed by atoms with van der Waals surface area (Å²) in [5.41, 5.74) is 6.31. The van der Waals surface area contributed by atoms with Crippen molar-refractivity contribution in [3.8, 4) is 11.9 Å². The van der Waals surface area contributed by atoms with Gasteiger partial charge < -0.3 is 9.47 Å². The van der Waals surface area contributed by atoms with E-state index in [0.717, 1.165) is 33.5 Å². The van der Waals surface area contributed by atoms with Crippen molar-refractivity contribution in [1.82, 2.24) is 19.7 Å². The van der Waals surface area contributed by atoms with Gasteiger partial charge >= 0.3 is 12.1 Å². The highest BCUT2D eigenvalue weighted by Crippen LogP contribution is 2.34. The van der Waals surface area contributed by atoms with Crippen molar-refractivity contribution in [2.45, 2.75) is 40.0 Å². The fourth-order valence-electron chi connectivity index (χ4n) is 4.32. The Morgan fingerprint density at radius 3 is 2.79 bits per heavy atom. The van der Waals surface area contributed by atoms with Crippen molar-refractivity contribution in [1.29, 1.82) is 5.26 Å². The van der Waals surface area contributed by atoms with E-state index in [2.05, 4.69) is 16.2 Å². The van der Waals surface area contributed by atoms with Gasteiger partial charge in [-0.05, 0) is 49.6 Å². The third-order valence-electron chi connectivity index (χ3n) is 6.35. The maximum absolute atomic E-state index is 12.6. The maximum Gasteiger partial charge on any atom is 0.410 e. The first-order valence-electron chi connectivity index (χ1n) is 10.5. The number of pyridine rings is 1. The van der Waals surface area contributed by atoms with Crippen molar-refractivity contribution >= 4 is 12.1 Å². The molecule has 0 unspecified atom stereocenters. The predicted octanol–water partition coefficient (Wildman–Crippen LogP) is 3.43. The van der Waals surface area contributed by atoms with Crippen LogP contribution in [0.5, 0.6) is 0 Å². The van der Waals surface area contributed by atoms with E-state index in [-0.39, 0.29) is 12.6 Å². The number of rotatable bonds is 4. The van der Waals surface area contributed by atoms with Gasteiger partial charge in [0.1, 0.15) is 18.8 Å². The van der Waals surface area contributed by atoms with Gasteiger partial charge in [-0.25, -0.2) is 19.3 Å². The summed E-state index contributed by atoms with van der Waals surface area (Å²) in [6, 6.07) is 7.50. The van der Waals surface area contributed by atoms with Crippen LogP contribution in [0.25, 0.3) is 5.82 Å². The molecule has 9 nitrogen and oxygen atoms in total. The molecule has 33 heavy (non-hydrogen) atoms. The molecule has 0 saturated carbocycles. The number of carbonyl (C=O) groups is 2. The number of amides is 1. The van der Waals surface area contributed by atoms with E-state index >= 15 is 0 Å². The van der Waals surface area contributed by atoms with Crippen LogP contribution < -0.4 is 0 Å². The van der Waals surface area contributed by atoms with E-state index in [0.29, 0.717) is 30.0 Å². The minimum atomic E-state index is -0.420. The summed E-state index contributed by atoms with van der Waals surface area (Å²) in [6.07, 6.45) is 2.43. The van der Waals surface area contributed by atoms with E-state index in [4.69, 9.17) is 14.7 Å². The molecule has 1 fully saturated rings. The number of benzene rings is 1. The van der Waals surface area contributed by atoms with Crippen LogP contribution in [0.3, 0.4) is 0 Å². The van der Waals surface area contributed by atoms with Gasteiger partial charge in [0.2, 0.25) is 0 Å². The minimum Gasteiger partial charge on any atom is -0.457 e. The van der Waals surface area contributed by atoms with Crippen LogP contribution in [0.15, 0.2) is 30.6 Å². The zero-order valence-electron chi connectivity index (χ0n) is 18.5. The van der Waals surface area contributed by atoms with Gasteiger partial charge in [0, 0.05) is 23.0 Å². The second-order valence-electron chi connectivity index (χ2n) is 8.27. The molecule has 5 rings (SSSR count). The van der Waals surface area contributed by atoms with Crippen molar-refractivity contribution < 1.29 is 19.1 Å². The van der Waals surface area contributed by atoms with Crippen molar-refractivity contribution in [2.24, 2.45) is 0 Å². The van der Waals surface area contributed by atoms with Crippen LogP contribution in [0, 0.1) is 32.1 Å².